The predicted molar refractivity (Wildman–Crippen MR) is 70.3 cm³/mol. The maximum absolute atomic E-state index is 11.9. The molecule has 2 amide bonds. The molecule has 1 aliphatic heterocycles. The van der Waals surface area contributed by atoms with Crippen LogP contribution in [0.25, 0.3) is 0 Å². The van der Waals surface area contributed by atoms with Gasteiger partial charge in [-0.1, -0.05) is 12.8 Å². The lowest BCUT2D eigenvalue weighted by Crippen LogP contribution is -2.55. The van der Waals surface area contributed by atoms with Gasteiger partial charge in [-0.2, -0.15) is 0 Å². The second-order valence-electron chi connectivity index (χ2n) is 5.87. The summed E-state index contributed by atoms with van der Waals surface area (Å²) in [7, 11) is 0. The summed E-state index contributed by atoms with van der Waals surface area (Å²) in [5.74, 6) is -0.988. The Morgan fingerprint density at radius 3 is 2.60 bits per heavy atom. The van der Waals surface area contributed by atoms with Gasteiger partial charge in [0.1, 0.15) is 5.41 Å². The van der Waals surface area contributed by atoms with Crippen LogP contribution < -0.4 is 10.6 Å². The fourth-order valence-corrected chi connectivity index (χ4v) is 2.73. The van der Waals surface area contributed by atoms with Gasteiger partial charge in [0.05, 0.1) is 31.4 Å². The highest BCUT2D eigenvalue weighted by Gasteiger charge is 2.47. The number of ether oxygens (including phenoxy) is 1. The van der Waals surface area contributed by atoms with E-state index in [0.717, 1.165) is 19.3 Å². The Morgan fingerprint density at radius 2 is 1.95 bits per heavy atom. The summed E-state index contributed by atoms with van der Waals surface area (Å²) in [5, 5.41) is 24.4. The quantitative estimate of drug-likeness (QED) is 0.587. The molecule has 1 saturated heterocycles. The molecule has 1 aliphatic carbocycles. The Morgan fingerprint density at radius 1 is 1.25 bits per heavy atom. The number of aliphatic hydroxyl groups is 1. The topological polar surface area (TPSA) is 108 Å². The first kappa shape index (κ1) is 15.1. The number of rotatable bonds is 3. The number of amides is 2. The zero-order chi connectivity index (χ0) is 14.8. The van der Waals surface area contributed by atoms with Crippen molar-refractivity contribution in [1.29, 1.82) is 0 Å². The van der Waals surface area contributed by atoms with Crippen molar-refractivity contribution in [3.05, 3.63) is 0 Å². The standard InChI is InChI=1S/C13H22N2O5/c1-13(11(17)18)7-20-6-10(13)15-12(19)14-8-4-2-3-5-9(8)16/h8-10,16H,2-7H2,1H3,(H,17,18)(H2,14,15,19). The highest BCUT2D eigenvalue weighted by Crippen LogP contribution is 2.28. The van der Waals surface area contributed by atoms with Crippen LogP contribution in [-0.4, -0.2) is 53.6 Å². The van der Waals surface area contributed by atoms with Gasteiger partial charge >= 0.3 is 12.0 Å². The minimum absolute atomic E-state index is 0.0827. The summed E-state index contributed by atoms with van der Waals surface area (Å²) in [6.07, 6.45) is 2.84. The summed E-state index contributed by atoms with van der Waals surface area (Å²) in [6.45, 7) is 1.82. The van der Waals surface area contributed by atoms with Crippen LogP contribution in [0, 0.1) is 5.41 Å². The van der Waals surface area contributed by atoms with E-state index in [9.17, 15) is 19.8 Å². The molecule has 0 aromatic rings. The average Bonchev–Trinajstić information content (AvgIpc) is 2.75. The normalized spacial score (nSPS) is 37.4. The van der Waals surface area contributed by atoms with Crippen molar-refractivity contribution in [3.8, 4) is 0 Å². The third-order valence-electron chi connectivity index (χ3n) is 4.30. The molecule has 2 aliphatic rings. The molecule has 0 aromatic heterocycles. The first-order valence-electron chi connectivity index (χ1n) is 7.00. The van der Waals surface area contributed by atoms with Crippen LogP contribution in [0.2, 0.25) is 0 Å². The minimum Gasteiger partial charge on any atom is -0.481 e. The Balaban J connectivity index is 1.89. The van der Waals surface area contributed by atoms with Gasteiger partial charge < -0.3 is 25.6 Å². The third-order valence-corrected chi connectivity index (χ3v) is 4.30. The van der Waals surface area contributed by atoms with E-state index in [0.29, 0.717) is 6.42 Å². The van der Waals surface area contributed by atoms with Crippen LogP contribution in [0.15, 0.2) is 0 Å². The molecule has 0 aromatic carbocycles. The van der Waals surface area contributed by atoms with Gasteiger partial charge in [0.15, 0.2) is 0 Å². The lowest BCUT2D eigenvalue weighted by atomic mass is 9.85. The predicted octanol–water partition coefficient (Wildman–Crippen LogP) is 0.0788. The number of urea groups is 1. The van der Waals surface area contributed by atoms with Crippen LogP contribution >= 0.6 is 0 Å². The second kappa shape index (κ2) is 5.97. The molecule has 114 valence electrons. The molecule has 4 N–H and O–H groups in total. The second-order valence-corrected chi connectivity index (χ2v) is 5.87. The fraction of sp³-hybridized carbons (Fsp3) is 0.846. The fourth-order valence-electron chi connectivity index (χ4n) is 2.73. The van der Waals surface area contributed by atoms with Gasteiger partial charge in [-0.25, -0.2) is 4.79 Å². The zero-order valence-electron chi connectivity index (χ0n) is 11.6. The molecular weight excluding hydrogens is 264 g/mol. The van der Waals surface area contributed by atoms with Gasteiger partial charge in [0, 0.05) is 0 Å². The maximum atomic E-state index is 11.9. The molecular formula is C13H22N2O5. The molecule has 7 nitrogen and oxygen atoms in total. The van der Waals surface area contributed by atoms with E-state index in [-0.39, 0.29) is 19.3 Å². The van der Waals surface area contributed by atoms with Gasteiger partial charge in [0.25, 0.3) is 0 Å². The monoisotopic (exact) mass is 286 g/mol. The molecule has 0 radical (unpaired) electrons. The number of carbonyl (C=O) groups excluding carboxylic acids is 1. The molecule has 0 spiro atoms. The van der Waals surface area contributed by atoms with Crippen molar-refractivity contribution >= 4 is 12.0 Å². The first-order valence-corrected chi connectivity index (χ1v) is 7.00. The van der Waals surface area contributed by atoms with Crippen LogP contribution in [0.3, 0.4) is 0 Å². The van der Waals surface area contributed by atoms with E-state index in [2.05, 4.69) is 10.6 Å². The Kier molecular flexibility index (Phi) is 4.49. The molecule has 20 heavy (non-hydrogen) atoms. The van der Waals surface area contributed by atoms with Crippen LogP contribution in [0.1, 0.15) is 32.6 Å². The number of aliphatic hydroxyl groups excluding tert-OH is 1. The summed E-state index contributed by atoms with van der Waals surface area (Å²) < 4.78 is 5.17. The lowest BCUT2D eigenvalue weighted by molar-refractivity contribution is -0.148. The molecule has 4 atom stereocenters. The highest BCUT2D eigenvalue weighted by atomic mass is 16.5. The SMILES string of the molecule is CC1(C(=O)O)COCC1NC(=O)NC1CCCCC1O. The number of carboxylic acid groups (broad SMARTS) is 1. The minimum atomic E-state index is -1.11. The lowest BCUT2D eigenvalue weighted by Gasteiger charge is -2.30. The summed E-state index contributed by atoms with van der Waals surface area (Å²) in [5.41, 5.74) is -1.11. The van der Waals surface area contributed by atoms with Crippen molar-refractivity contribution < 1.29 is 24.5 Å². The molecule has 2 rings (SSSR count). The Bertz CT molecular complexity index is 389. The van der Waals surface area contributed by atoms with Crippen LogP contribution in [-0.2, 0) is 9.53 Å². The summed E-state index contributed by atoms with van der Waals surface area (Å²) >= 11 is 0. The van der Waals surface area contributed by atoms with E-state index in [1.165, 1.54) is 0 Å². The van der Waals surface area contributed by atoms with E-state index in [4.69, 9.17) is 4.74 Å². The molecule has 2 fully saturated rings. The number of aliphatic carboxylic acids is 1. The van der Waals surface area contributed by atoms with Crippen molar-refractivity contribution in [1.82, 2.24) is 10.6 Å². The number of nitrogens with one attached hydrogen (secondary N) is 2. The third kappa shape index (κ3) is 3.04. The van der Waals surface area contributed by atoms with Gasteiger partial charge in [-0.15, -0.1) is 0 Å². The molecule has 1 heterocycles. The Labute approximate surface area is 117 Å². The Hall–Kier alpha value is -1.34. The summed E-state index contributed by atoms with van der Waals surface area (Å²) in [4.78, 5) is 23.2. The molecule has 0 bridgehead atoms. The van der Waals surface area contributed by atoms with Crippen LogP contribution in [0.4, 0.5) is 4.79 Å². The average molecular weight is 286 g/mol. The number of carboxylic acids is 1. The summed E-state index contributed by atoms with van der Waals surface area (Å²) in [6, 6.07) is -1.28. The number of carbonyl (C=O) groups is 2. The first-order chi connectivity index (χ1) is 9.43. The van der Waals surface area contributed by atoms with Gasteiger partial charge in [0.2, 0.25) is 0 Å². The van der Waals surface area contributed by atoms with Crippen molar-refractivity contribution in [2.75, 3.05) is 13.2 Å². The van der Waals surface area contributed by atoms with Crippen molar-refractivity contribution in [2.24, 2.45) is 5.41 Å². The van der Waals surface area contributed by atoms with Gasteiger partial charge in [-0.3, -0.25) is 4.79 Å². The maximum Gasteiger partial charge on any atom is 0.315 e. The highest BCUT2D eigenvalue weighted by molar-refractivity contribution is 5.79. The number of hydrogen-bond donors (Lipinski definition) is 4. The van der Waals surface area contributed by atoms with E-state index in [1.54, 1.807) is 6.92 Å². The van der Waals surface area contributed by atoms with Gasteiger partial charge in [-0.05, 0) is 19.8 Å². The van der Waals surface area contributed by atoms with Crippen molar-refractivity contribution in [2.45, 2.75) is 50.8 Å². The van der Waals surface area contributed by atoms with E-state index in [1.807, 2.05) is 0 Å². The molecule has 7 heteroatoms. The molecule has 4 unspecified atom stereocenters. The largest absolute Gasteiger partial charge is 0.481 e. The zero-order valence-corrected chi connectivity index (χ0v) is 11.6. The van der Waals surface area contributed by atoms with Crippen LogP contribution in [0.5, 0.6) is 0 Å². The van der Waals surface area contributed by atoms with Crippen molar-refractivity contribution in [3.63, 3.8) is 0 Å². The molecule has 1 saturated carbocycles. The van der Waals surface area contributed by atoms with E-state index < -0.39 is 29.6 Å². The smallest absolute Gasteiger partial charge is 0.315 e. The number of hydrogen-bond acceptors (Lipinski definition) is 4. The van der Waals surface area contributed by atoms with E-state index >= 15 is 0 Å².